The molecule has 1 fully saturated rings. The molecule has 0 aliphatic carbocycles. The van der Waals surface area contributed by atoms with Crippen molar-refractivity contribution in [3.05, 3.63) is 108 Å². The van der Waals surface area contributed by atoms with Crippen molar-refractivity contribution >= 4 is 29.7 Å². The first kappa shape index (κ1) is 34.4. The average molecular weight is 652 g/mol. The summed E-state index contributed by atoms with van der Waals surface area (Å²) in [7, 11) is 1.74. The van der Waals surface area contributed by atoms with Gasteiger partial charge in [0.05, 0.1) is 6.04 Å². The Balaban J connectivity index is 1.42. The molecule has 3 aliphatic heterocycles. The lowest BCUT2D eigenvalue weighted by molar-refractivity contribution is -0.142. The lowest BCUT2D eigenvalue weighted by atomic mass is 9.96. The Morgan fingerprint density at radius 2 is 1.58 bits per heavy atom. The third kappa shape index (κ3) is 8.68. The highest BCUT2D eigenvalue weighted by atomic mass is 16.5. The van der Waals surface area contributed by atoms with Crippen LogP contribution in [-0.4, -0.2) is 72.4 Å². The van der Waals surface area contributed by atoms with Gasteiger partial charge in [0.1, 0.15) is 30.0 Å². The number of hydrogen-bond donors (Lipinski definition) is 4. The molecule has 0 saturated carbocycles. The van der Waals surface area contributed by atoms with E-state index in [9.17, 15) is 19.2 Å². The minimum atomic E-state index is -1.16. The van der Waals surface area contributed by atoms with E-state index in [0.717, 1.165) is 16.7 Å². The fourth-order valence-electron chi connectivity index (χ4n) is 6.26. The normalized spacial score (nSPS) is 22.0. The highest BCUT2D eigenvalue weighted by molar-refractivity contribution is 5.95. The van der Waals surface area contributed by atoms with Gasteiger partial charge in [-0.25, -0.2) is 0 Å². The summed E-state index contributed by atoms with van der Waals surface area (Å²) in [5.74, 6) is -1.23. The van der Waals surface area contributed by atoms with Crippen molar-refractivity contribution in [2.24, 2.45) is 5.92 Å². The molecule has 48 heavy (non-hydrogen) atoms. The largest absolute Gasteiger partial charge is 0.487 e. The zero-order chi connectivity index (χ0) is 34.0. The second-order valence-electron chi connectivity index (χ2n) is 12.7. The Morgan fingerprint density at radius 1 is 0.917 bits per heavy atom. The first-order valence-corrected chi connectivity index (χ1v) is 16.6. The van der Waals surface area contributed by atoms with Crippen LogP contribution in [0, 0.1) is 5.92 Å². The van der Waals surface area contributed by atoms with Crippen molar-refractivity contribution in [3.63, 3.8) is 0 Å². The average Bonchev–Trinajstić information content (AvgIpc) is 3.59. The molecule has 3 aromatic carbocycles. The highest BCUT2D eigenvalue weighted by Gasteiger charge is 2.41. The van der Waals surface area contributed by atoms with Gasteiger partial charge in [-0.2, -0.15) is 0 Å². The molecule has 4 amide bonds. The first-order valence-electron chi connectivity index (χ1n) is 16.6. The number of carbonyl (C=O) groups is 4. The fraction of sp³-hybridized carbons (Fsp3) is 0.368. The highest BCUT2D eigenvalue weighted by Crippen LogP contribution is 2.23. The molecular weight excluding hydrogens is 606 g/mol. The third-order valence-electron chi connectivity index (χ3n) is 8.90. The van der Waals surface area contributed by atoms with Crippen LogP contribution in [0.5, 0.6) is 5.75 Å². The number of likely N-dealkylation sites (N-methyl/N-ethyl adjacent to an activating group) is 1. The Bertz CT molecular complexity index is 1580. The third-order valence-corrected chi connectivity index (χ3v) is 8.90. The molecule has 6 rings (SSSR count). The van der Waals surface area contributed by atoms with Crippen LogP contribution < -0.4 is 26.0 Å². The molecular formula is C38H45N5O5. The monoisotopic (exact) mass is 651 g/mol. The molecule has 0 aromatic heterocycles. The van der Waals surface area contributed by atoms with Crippen molar-refractivity contribution in [1.29, 1.82) is 0 Å². The van der Waals surface area contributed by atoms with Crippen LogP contribution in [-0.2, 0) is 32.0 Å². The van der Waals surface area contributed by atoms with E-state index in [1.165, 1.54) is 0 Å². The number of fused-ring (bicyclic) bond motifs is 10. The molecule has 0 spiro atoms. The smallest absolute Gasteiger partial charge is 0.247 e. The van der Waals surface area contributed by atoms with Crippen LogP contribution in [0.4, 0.5) is 0 Å². The summed E-state index contributed by atoms with van der Waals surface area (Å²) in [6.07, 6.45) is 4.38. The molecule has 3 aromatic rings. The second-order valence-corrected chi connectivity index (χ2v) is 12.7. The number of likely N-dealkylation sites (tertiary alicyclic amines) is 1. The summed E-state index contributed by atoms with van der Waals surface area (Å²) in [5, 5.41) is 11.8. The fourth-order valence-corrected chi connectivity index (χ4v) is 6.26. The number of hydrogen-bond acceptors (Lipinski definition) is 6. The van der Waals surface area contributed by atoms with Gasteiger partial charge in [0.25, 0.3) is 0 Å². The van der Waals surface area contributed by atoms with Gasteiger partial charge < -0.3 is 30.9 Å². The van der Waals surface area contributed by atoms with Gasteiger partial charge in [-0.3, -0.25) is 19.2 Å². The molecule has 3 heterocycles. The van der Waals surface area contributed by atoms with Crippen LogP contribution in [0.2, 0.25) is 0 Å². The van der Waals surface area contributed by atoms with E-state index in [0.29, 0.717) is 31.6 Å². The summed E-state index contributed by atoms with van der Waals surface area (Å²) >= 11 is 0. The summed E-state index contributed by atoms with van der Waals surface area (Å²) < 4.78 is 6.41. The van der Waals surface area contributed by atoms with Crippen molar-refractivity contribution in [2.75, 3.05) is 13.6 Å². The Labute approximate surface area is 282 Å². The summed E-state index contributed by atoms with van der Waals surface area (Å²) in [4.78, 5) is 57.2. The molecule has 0 unspecified atom stereocenters. The van der Waals surface area contributed by atoms with Crippen LogP contribution in [0.25, 0.3) is 6.08 Å². The molecule has 4 N–H and O–H groups in total. The van der Waals surface area contributed by atoms with Gasteiger partial charge in [-0.1, -0.05) is 86.6 Å². The summed E-state index contributed by atoms with van der Waals surface area (Å²) in [6.45, 7) is 4.26. The molecule has 10 nitrogen and oxygen atoms in total. The van der Waals surface area contributed by atoms with Crippen molar-refractivity contribution in [3.8, 4) is 5.75 Å². The second kappa shape index (κ2) is 16.2. The van der Waals surface area contributed by atoms with Gasteiger partial charge in [0.2, 0.25) is 23.6 Å². The maximum atomic E-state index is 14.2. The minimum absolute atomic E-state index is 0.168. The number of benzene rings is 3. The number of nitrogens with zero attached hydrogens (tertiary/aromatic N) is 1. The van der Waals surface area contributed by atoms with E-state index in [2.05, 4.69) is 21.3 Å². The Morgan fingerprint density at radius 3 is 2.23 bits per heavy atom. The quantitative estimate of drug-likeness (QED) is 0.281. The van der Waals surface area contributed by atoms with Gasteiger partial charge in [0.15, 0.2) is 0 Å². The molecule has 10 heteroatoms. The molecule has 1 saturated heterocycles. The predicted molar refractivity (Wildman–Crippen MR) is 185 cm³/mol. The van der Waals surface area contributed by atoms with Crippen LogP contribution >= 0.6 is 0 Å². The van der Waals surface area contributed by atoms with E-state index < -0.39 is 48.0 Å². The topological polar surface area (TPSA) is 129 Å². The first-order chi connectivity index (χ1) is 23.2. The number of ether oxygens (including phenoxy) is 1. The Hall–Kier alpha value is -4.96. The van der Waals surface area contributed by atoms with Crippen LogP contribution in [0.1, 0.15) is 43.4 Å². The van der Waals surface area contributed by atoms with E-state index in [1.54, 1.807) is 36.4 Å². The molecule has 2 bridgehead atoms. The molecule has 252 valence electrons. The standard InChI is InChI=1S/C38H45N5O5/c1-25(2)34-33(42-36(45)32-15-10-22-43(32)38(47)31(39-3)24-28-13-8-5-9-14-28)37(46)41-30(23-27-11-6-4-7-12-27)35(44)40-21-20-26-16-18-29(48-34)19-17-26/h4-9,11-14,16-21,25,30-34,39H,10,15,22-24H2,1-3H3,(H,40,44)(H,41,46)(H,42,45)/t30-,31-,32-,33-,34+/m0/s1. The maximum absolute atomic E-state index is 14.2. The van der Waals surface area contributed by atoms with E-state index in [4.69, 9.17) is 4.74 Å². The van der Waals surface area contributed by atoms with Gasteiger partial charge in [-0.05, 0) is 67.1 Å². The minimum Gasteiger partial charge on any atom is -0.487 e. The van der Waals surface area contributed by atoms with Crippen LogP contribution in [0.3, 0.4) is 0 Å². The Kier molecular flexibility index (Phi) is 11.6. The maximum Gasteiger partial charge on any atom is 0.247 e. The zero-order valence-electron chi connectivity index (χ0n) is 27.7. The number of amides is 4. The summed E-state index contributed by atoms with van der Waals surface area (Å²) in [6, 6.07) is 23.1. The van der Waals surface area contributed by atoms with Crippen LogP contribution in [0.15, 0.2) is 91.1 Å². The number of nitrogens with one attached hydrogen (secondary N) is 4. The van der Waals surface area contributed by atoms with Crippen molar-refractivity contribution < 1.29 is 23.9 Å². The van der Waals surface area contributed by atoms with E-state index in [1.807, 2.05) is 86.6 Å². The predicted octanol–water partition coefficient (Wildman–Crippen LogP) is 3.22. The number of rotatable bonds is 9. The van der Waals surface area contributed by atoms with Crippen molar-refractivity contribution in [2.45, 2.75) is 69.8 Å². The van der Waals surface area contributed by atoms with Crippen molar-refractivity contribution in [1.82, 2.24) is 26.2 Å². The lowest BCUT2D eigenvalue weighted by Crippen LogP contribution is -2.62. The summed E-state index contributed by atoms with van der Waals surface area (Å²) in [5.41, 5.74) is 2.73. The molecule has 5 atom stereocenters. The SMILES string of the molecule is CN[C@@H](Cc1ccccc1)C(=O)N1CCC[C@H]1C(=O)N[C@@H]1C(=O)N[C@@H](Cc2ccccc2)C(=O)NC=Cc2ccc(cc2)O[C@@H]1C(C)C. The van der Waals surface area contributed by atoms with E-state index >= 15 is 0 Å². The molecule has 3 aliphatic rings. The van der Waals surface area contributed by atoms with Gasteiger partial charge in [0, 0.05) is 19.2 Å². The van der Waals surface area contributed by atoms with Gasteiger partial charge in [-0.15, -0.1) is 0 Å². The lowest BCUT2D eigenvalue weighted by Gasteiger charge is -2.34. The zero-order valence-corrected chi connectivity index (χ0v) is 27.7. The molecule has 0 radical (unpaired) electrons. The van der Waals surface area contributed by atoms with E-state index in [-0.39, 0.29) is 18.2 Å². The van der Waals surface area contributed by atoms with Gasteiger partial charge >= 0.3 is 0 Å². The number of carbonyl (C=O) groups excluding carboxylic acids is 4.